The summed E-state index contributed by atoms with van der Waals surface area (Å²) in [6.45, 7) is 5.13. The van der Waals surface area contributed by atoms with E-state index in [9.17, 15) is 19.2 Å². The third-order valence-corrected chi connectivity index (χ3v) is 5.76. The Kier molecular flexibility index (Phi) is 25.9. The summed E-state index contributed by atoms with van der Waals surface area (Å²) in [5, 5.41) is 5.48. The first-order chi connectivity index (χ1) is 20.4. The Balaban J connectivity index is 3.87. The minimum absolute atomic E-state index is 0.0199. The minimum atomic E-state index is -0.616. The first-order valence-corrected chi connectivity index (χ1v) is 14.9. The molecule has 0 radical (unpaired) electrons. The SMILES string of the molecule is CC/C=C\C/C=C\C/C=C\C/C=C\C/C=C\C/C=C\CCC(=O)NCCCN(CCNC(=O)C=CC(=O)OC)C(C)=O. The Bertz CT molecular complexity index is 974. The highest BCUT2D eigenvalue weighted by atomic mass is 16.5. The number of carbonyl (C=O) groups excluding carboxylic acids is 4. The van der Waals surface area contributed by atoms with Gasteiger partial charge in [0.1, 0.15) is 0 Å². The second-order valence-corrected chi connectivity index (χ2v) is 9.31. The summed E-state index contributed by atoms with van der Waals surface area (Å²) in [4.78, 5) is 48.1. The normalized spacial score (nSPS) is 12.2. The van der Waals surface area contributed by atoms with Crippen molar-refractivity contribution in [1.29, 1.82) is 0 Å². The lowest BCUT2D eigenvalue weighted by Gasteiger charge is -2.21. The fourth-order valence-electron chi connectivity index (χ4n) is 3.45. The van der Waals surface area contributed by atoms with Crippen LogP contribution >= 0.6 is 0 Å². The first-order valence-electron chi connectivity index (χ1n) is 14.9. The number of carbonyl (C=O) groups is 4. The highest BCUT2D eigenvalue weighted by Crippen LogP contribution is 1.98. The number of rotatable bonds is 23. The second kappa shape index (κ2) is 28.6. The number of nitrogens with zero attached hydrogens (tertiary/aromatic N) is 1. The summed E-state index contributed by atoms with van der Waals surface area (Å²) < 4.78 is 4.42. The summed E-state index contributed by atoms with van der Waals surface area (Å²) in [6.07, 6.45) is 35.5. The molecular formula is C34H51N3O5. The summed E-state index contributed by atoms with van der Waals surface area (Å²) in [7, 11) is 1.23. The molecule has 0 aliphatic heterocycles. The van der Waals surface area contributed by atoms with Crippen molar-refractivity contribution in [3.05, 3.63) is 85.1 Å². The quantitative estimate of drug-likeness (QED) is 0.0701. The smallest absolute Gasteiger partial charge is 0.330 e. The molecule has 2 N–H and O–H groups in total. The van der Waals surface area contributed by atoms with E-state index in [1.165, 1.54) is 14.0 Å². The van der Waals surface area contributed by atoms with Gasteiger partial charge in [0.05, 0.1) is 7.11 Å². The molecule has 0 rings (SSSR count). The zero-order valence-corrected chi connectivity index (χ0v) is 25.8. The summed E-state index contributed by atoms with van der Waals surface area (Å²) >= 11 is 0. The Morgan fingerprint density at radius 2 is 1.19 bits per heavy atom. The summed E-state index contributed by atoms with van der Waals surface area (Å²) in [5.74, 6) is -1.19. The van der Waals surface area contributed by atoms with Gasteiger partial charge in [-0.2, -0.15) is 0 Å². The van der Waals surface area contributed by atoms with Crippen LogP contribution in [0.2, 0.25) is 0 Å². The number of hydrogen-bond donors (Lipinski definition) is 2. The molecule has 42 heavy (non-hydrogen) atoms. The zero-order valence-electron chi connectivity index (χ0n) is 25.8. The molecular weight excluding hydrogens is 530 g/mol. The minimum Gasteiger partial charge on any atom is -0.466 e. The van der Waals surface area contributed by atoms with Crippen LogP contribution in [0.4, 0.5) is 0 Å². The Morgan fingerprint density at radius 1 is 0.667 bits per heavy atom. The number of nitrogens with one attached hydrogen (secondary N) is 2. The van der Waals surface area contributed by atoms with Crippen molar-refractivity contribution in [1.82, 2.24) is 15.5 Å². The van der Waals surface area contributed by atoms with Crippen molar-refractivity contribution in [3.8, 4) is 0 Å². The molecule has 0 aromatic heterocycles. The van der Waals surface area contributed by atoms with E-state index >= 15 is 0 Å². The van der Waals surface area contributed by atoms with Crippen LogP contribution in [0.1, 0.15) is 71.6 Å². The number of ether oxygens (including phenoxy) is 1. The molecule has 3 amide bonds. The van der Waals surface area contributed by atoms with Crippen molar-refractivity contribution in [2.45, 2.75) is 71.6 Å². The van der Waals surface area contributed by atoms with E-state index in [1.54, 1.807) is 4.90 Å². The van der Waals surface area contributed by atoms with Crippen LogP contribution in [0.5, 0.6) is 0 Å². The van der Waals surface area contributed by atoms with Crippen LogP contribution < -0.4 is 10.6 Å². The van der Waals surface area contributed by atoms with Crippen LogP contribution in [-0.2, 0) is 23.9 Å². The third-order valence-electron chi connectivity index (χ3n) is 5.76. The largest absolute Gasteiger partial charge is 0.466 e. The summed E-state index contributed by atoms with van der Waals surface area (Å²) in [5.41, 5.74) is 0. The van der Waals surface area contributed by atoms with Gasteiger partial charge in [-0.25, -0.2) is 4.79 Å². The van der Waals surface area contributed by atoms with Crippen LogP contribution in [0.15, 0.2) is 85.1 Å². The van der Waals surface area contributed by atoms with E-state index in [0.717, 1.165) is 50.7 Å². The molecule has 232 valence electrons. The van der Waals surface area contributed by atoms with Gasteiger partial charge in [-0.15, -0.1) is 0 Å². The number of allylic oxidation sites excluding steroid dienone is 12. The van der Waals surface area contributed by atoms with Crippen molar-refractivity contribution in [3.63, 3.8) is 0 Å². The molecule has 0 spiro atoms. The number of hydrogen-bond acceptors (Lipinski definition) is 5. The number of methoxy groups -OCH3 is 1. The average molecular weight is 582 g/mol. The van der Waals surface area contributed by atoms with E-state index in [-0.39, 0.29) is 18.4 Å². The third kappa shape index (κ3) is 26.3. The Morgan fingerprint density at radius 3 is 1.69 bits per heavy atom. The molecule has 0 saturated carbocycles. The van der Waals surface area contributed by atoms with Gasteiger partial charge in [0.2, 0.25) is 17.7 Å². The first kappa shape index (κ1) is 38.1. The van der Waals surface area contributed by atoms with E-state index in [1.807, 2.05) is 6.08 Å². The summed E-state index contributed by atoms with van der Waals surface area (Å²) in [6, 6.07) is 0. The van der Waals surface area contributed by atoms with Crippen molar-refractivity contribution in [2.75, 3.05) is 33.3 Å². The maximum Gasteiger partial charge on any atom is 0.330 e. The maximum atomic E-state index is 12.0. The zero-order chi connectivity index (χ0) is 31.1. The van der Waals surface area contributed by atoms with E-state index in [0.29, 0.717) is 38.9 Å². The molecule has 0 saturated heterocycles. The van der Waals surface area contributed by atoms with Gasteiger partial charge in [0.15, 0.2) is 0 Å². The monoisotopic (exact) mass is 581 g/mol. The molecule has 0 atom stereocenters. The van der Waals surface area contributed by atoms with Crippen molar-refractivity contribution < 1.29 is 23.9 Å². The van der Waals surface area contributed by atoms with Crippen LogP contribution in [0.3, 0.4) is 0 Å². The molecule has 8 nitrogen and oxygen atoms in total. The average Bonchev–Trinajstić information content (AvgIpc) is 2.98. The van der Waals surface area contributed by atoms with E-state index in [4.69, 9.17) is 0 Å². The topological polar surface area (TPSA) is 105 Å². The fraction of sp³-hybridized carbons (Fsp3) is 0.471. The van der Waals surface area contributed by atoms with Crippen LogP contribution in [0.25, 0.3) is 0 Å². The number of esters is 1. The molecule has 0 aliphatic carbocycles. The van der Waals surface area contributed by atoms with Gasteiger partial charge in [-0.3, -0.25) is 14.4 Å². The maximum absolute atomic E-state index is 12.0. The Hall–Kier alpha value is -3.94. The van der Waals surface area contributed by atoms with Gasteiger partial charge in [-0.1, -0.05) is 79.8 Å². The molecule has 0 aliphatic rings. The highest BCUT2D eigenvalue weighted by Gasteiger charge is 2.09. The van der Waals surface area contributed by atoms with Crippen LogP contribution in [-0.4, -0.2) is 61.9 Å². The lowest BCUT2D eigenvalue weighted by molar-refractivity contribution is -0.135. The Labute approximate surface area is 253 Å². The van der Waals surface area contributed by atoms with Crippen molar-refractivity contribution in [2.24, 2.45) is 0 Å². The lowest BCUT2D eigenvalue weighted by atomic mass is 10.2. The van der Waals surface area contributed by atoms with Gasteiger partial charge in [0, 0.05) is 51.7 Å². The van der Waals surface area contributed by atoms with Gasteiger partial charge < -0.3 is 20.3 Å². The molecule has 0 unspecified atom stereocenters. The molecule has 0 bridgehead atoms. The predicted octanol–water partition coefficient (Wildman–Crippen LogP) is 5.66. The van der Waals surface area contributed by atoms with E-state index in [2.05, 4.69) is 89.1 Å². The second-order valence-electron chi connectivity index (χ2n) is 9.31. The van der Waals surface area contributed by atoms with Crippen LogP contribution in [0, 0.1) is 0 Å². The van der Waals surface area contributed by atoms with E-state index < -0.39 is 11.9 Å². The fourth-order valence-corrected chi connectivity index (χ4v) is 3.45. The van der Waals surface area contributed by atoms with Gasteiger partial charge in [-0.05, 0) is 51.4 Å². The number of amides is 3. The lowest BCUT2D eigenvalue weighted by Crippen LogP contribution is -2.38. The predicted molar refractivity (Wildman–Crippen MR) is 171 cm³/mol. The molecule has 8 heteroatoms. The highest BCUT2D eigenvalue weighted by molar-refractivity contribution is 5.94. The van der Waals surface area contributed by atoms with Gasteiger partial charge in [0.25, 0.3) is 0 Å². The molecule has 0 fully saturated rings. The standard InChI is InChI=1S/C34H51N3O5/c1-4-5-6-7-8-9-10-11-12-13-14-15-16-17-18-19-20-21-22-24-32(39)35-27-23-29-37(31(2)38)30-28-36-33(40)25-26-34(41)42-3/h5-6,8-9,11-12,14-15,17-18,20-21,25-26H,4,7,10,13,16,19,22-24,27-30H2,1-3H3,(H,35,39)(H,36,40)/b6-5-,9-8-,12-11-,15-14-,18-17-,21-20-,26-25?. The molecule has 0 aromatic rings. The molecule has 0 aromatic carbocycles. The molecule has 0 heterocycles. The van der Waals surface area contributed by atoms with Gasteiger partial charge >= 0.3 is 5.97 Å². The van der Waals surface area contributed by atoms with Crippen molar-refractivity contribution >= 4 is 23.7 Å².